The Bertz CT molecular complexity index is 294. The lowest BCUT2D eigenvalue weighted by Gasteiger charge is -2.11. The van der Waals surface area contributed by atoms with Gasteiger partial charge in [0.2, 0.25) is 0 Å². The number of aliphatic hydroxyl groups excluding tert-OH is 1. The van der Waals surface area contributed by atoms with E-state index in [1.165, 1.54) is 0 Å². The molecule has 1 nitrogen and oxygen atoms in total. The first-order valence-corrected chi connectivity index (χ1v) is 4.50. The van der Waals surface area contributed by atoms with Gasteiger partial charge in [-0.2, -0.15) is 0 Å². The first-order chi connectivity index (χ1) is 5.63. The molecule has 0 aliphatic heterocycles. The van der Waals surface area contributed by atoms with Crippen LogP contribution in [0.15, 0.2) is 40.9 Å². The van der Waals surface area contributed by atoms with E-state index >= 15 is 0 Å². The average molecular weight is 227 g/mol. The van der Waals surface area contributed by atoms with Gasteiger partial charge in [0.15, 0.2) is 0 Å². The molecule has 1 aromatic rings. The molecular weight excluding hydrogens is 216 g/mol. The molecule has 0 bridgehead atoms. The highest BCUT2D eigenvalue weighted by atomic mass is 79.9. The van der Waals surface area contributed by atoms with Crippen molar-refractivity contribution < 1.29 is 5.11 Å². The van der Waals surface area contributed by atoms with Gasteiger partial charge in [-0.3, -0.25) is 0 Å². The maximum absolute atomic E-state index is 9.65. The lowest BCUT2D eigenvalue weighted by Crippen LogP contribution is -1.98. The molecule has 64 valence electrons. The molecule has 0 fully saturated rings. The van der Waals surface area contributed by atoms with Crippen molar-refractivity contribution in [1.82, 2.24) is 0 Å². The summed E-state index contributed by atoms with van der Waals surface area (Å²) >= 11 is 3.36. The predicted octanol–water partition coefficient (Wildman–Crippen LogP) is 3.06. The highest BCUT2D eigenvalue weighted by Crippen LogP contribution is 2.26. The Morgan fingerprint density at radius 1 is 1.50 bits per heavy atom. The van der Waals surface area contributed by atoms with Crippen molar-refractivity contribution in [2.45, 2.75) is 13.0 Å². The smallest absolute Gasteiger partial charge is 0.101 e. The van der Waals surface area contributed by atoms with Crippen LogP contribution in [-0.2, 0) is 0 Å². The summed E-state index contributed by atoms with van der Waals surface area (Å²) in [7, 11) is 0. The summed E-state index contributed by atoms with van der Waals surface area (Å²) in [6, 6.07) is 7.59. The minimum Gasteiger partial charge on any atom is -0.384 e. The molecule has 1 atom stereocenters. The van der Waals surface area contributed by atoms with Crippen LogP contribution >= 0.6 is 15.9 Å². The van der Waals surface area contributed by atoms with E-state index in [1.807, 2.05) is 31.2 Å². The molecule has 1 N–H and O–H groups in total. The molecular formula is C10H11BrO. The normalized spacial score (nSPS) is 12.6. The summed E-state index contributed by atoms with van der Waals surface area (Å²) in [5.41, 5.74) is 1.62. The molecule has 0 amide bonds. The summed E-state index contributed by atoms with van der Waals surface area (Å²) in [6.45, 7) is 5.51. The van der Waals surface area contributed by atoms with Crippen LogP contribution in [0.25, 0.3) is 0 Å². The molecule has 0 spiro atoms. The fourth-order valence-corrected chi connectivity index (χ4v) is 1.46. The van der Waals surface area contributed by atoms with Gasteiger partial charge in [0.1, 0.15) is 6.10 Å². The number of aliphatic hydroxyl groups is 1. The number of benzene rings is 1. The third-order valence-electron chi connectivity index (χ3n) is 1.67. The van der Waals surface area contributed by atoms with Crippen molar-refractivity contribution in [3.05, 3.63) is 46.5 Å². The van der Waals surface area contributed by atoms with Gasteiger partial charge in [0.05, 0.1) is 0 Å². The third-order valence-corrected chi connectivity index (χ3v) is 2.39. The molecule has 1 aromatic carbocycles. The van der Waals surface area contributed by atoms with Gasteiger partial charge in [-0.15, -0.1) is 0 Å². The van der Waals surface area contributed by atoms with E-state index < -0.39 is 6.10 Å². The largest absolute Gasteiger partial charge is 0.384 e. The molecule has 0 aromatic heterocycles. The number of halogens is 1. The number of hydrogen-bond donors (Lipinski definition) is 1. The molecule has 2 heteroatoms. The summed E-state index contributed by atoms with van der Waals surface area (Å²) in [5.74, 6) is 0. The lowest BCUT2D eigenvalue weighted by molar-refractivity contribution is 0.215. The maximum Gasteiger partial charge on any atom is 0.101 e. The summed E-state index contributed by atoms with van der Waals surface area (Å²) in [6.07, 6.45) is -0.569. The first-order valence-electron chi connectivity index (χ1n) is 3.71. The van der Waals surface area contributed by atoms with Gasteiger partial charge >= 0.3 is 0 Å². The summed E-state index contributed by atoms with van der Waals surface area (Å²) < 4.78 is 0.917. The predicted molar refractivity (Wildman–Crippen MR) is 53.9 cm³/mol. The van der Waals surface area contributed by atoms with Crippen LogP contribution in [0.4, 0.5) is 0 Å². The van der Waals surface area contributed by atoms with Crippen LogP contribution in [0.3, 0.4) is 0 Å². The van der Waals surface area contributed by atoms with Crippen molar-refractivity contribution in [2.75, 3.05) is 0 Å². The Kier molecular flexibility index (Phi) is 3.06. The molecule has 0 radical (unpaired) electrons. The Balaban J connectivity index is 3.02. The van der Waals surface area contributed by atoms with E-state index in [4.69, 9.17) is 0 Å². The highest BCUT2D eigenvalue weighted by Gasteiger charge is 2.09. The highest BCUT2D eigenvalue weighted by molar-refractivity contribution is 9.10. The molecule has 12 heavy (non-hydrogen) atoms. The van der Waals surface area contributed by atoms with E-state index in [0.29, 0.717) is 0 Å². The SMILES string of the molecule is C=C(C)C(O)c1ccccc1Br. The molecule has 0 aliphatic rings. The molecule has 1 rings (SSSR count). The van der Waals surface area contributed by atoms with Crippen LogP contribution in [-0.4, -0.2) is 5.11 Å². The molecule has 1 unspecified atom stereocenters. The molecule has 0 heterocycles. The van der Waals surface area contributed by atoms with Crippen molar-refractivity contribution in [3.8, 4) is 0 Å². The van der Waals surface area contributed by atoms with E-state index in [0.717, 1.165) is 15.6 Å². The van der Waals surface area contributed by atoms with Gasteiger partial charge in [-0.1, -0.05) is 40.7 Å². The Morgan fingerprint density at radius 3 is 2.58 bits per heavy atom. The second-order valence-electron chi connectivity index (χ2n) is 2.77. The van der Waals surface area contributed by atoms with Gasteiger partial charge < -0.3 is 5.11 Å². The molecule has 0 saturated carbocycles. The second-order valence-corrected chi connectivity index (χ2v) is 3.62. The van der Waals surface area contributed by atoms with Crippen molar-refractivity contribution in [1.29, 1.82) is 0 Å². The zero-order chi connectivity index (χ0) is 9.14. The summed E-state index contributed by atoms with van der Waals surface area (Å²) in [4.78, 5) is 0. The van der Waals surface area contributed by atoms with Crippen molar-refractivity contribution >= 4 is 15.9 Å². The third kappa shape index (κ3) is 1.96. The zero-order valence-corrected chi connectivity index (χ0v) is 8.51. The monoisotopic (exact) mass is 226 g/mol. The van der Waals surface area contributed by atoms with Crippen LogP contribution in [0.5, 0.6) is 0 Å². The van der Waals surface area contributed by atoms with Gasteiger partial charge in [-0.05, 0) is 24.1 Å². The fraction of sp³-hybridized carbons (Fsp3) is 0.200. The lowest BCUT2D eigenvalue weighted by atomic mass is 10.0. The van der Waals surface area contributed by atoms with Crippen LogP contribution < -0.4 is 0 Å². The van der Waals surface area contributed by atoms with Gasteiger partial charge in [-0.25, -0.2) is 0 Å². The zero-order valence-electron chi connectivity index (χ0n) is 6.92. The fourth-order valence-electron chi connectivity index (χ4n) is 0.962. The van der Waals surface area contributed by atoms with E-state index in [-0.39, 0.29) is 0 Å². The van der Waals surface area contributed by atoms with Gasteiger partial charge in [0, 0.05) is 4.47 Å². The van der Waals surface area contributed by atoms with Crippen LogP contribution in [0.1, 0.15) is 18.6 Å². The maximum atomic E-state index is 9.65. The van der Waals surface area contributed by atoms with E-state index in [9.17, 15) is 5.11 Å². The standard InChI is InChI=1S/C10H11BrO/c1-7(2)10(12)8-5-3-4-6-9(8)11/h3-6,10,12H,1H2,2H3. The van der Waals surface area contributed by atoms with E-state index in [2.05, 4.69) is 22.5 Å². The van der Waals surface area contributed by atoms with E-state index in [1.54, 1.807) is 0 Å². The molecule has 0 aliphatic carbocycles. The van der Waals surface area contributed by atoms with Crippen molar-refractivity contribution in [3.63, 3.8) is 0 Å². The Hall–Kier alpha value is -0.600. The molecule has 0 saturated heterocycles. The first kappa shape index (κ1) is 9.49. The minimum atomic E-state index is -0.569. The minimum absolute atomic E-state index is 0.569. The Labute approximate surface area is 80.9 Å². The quantitative estimate of drug-likeness (QED) is 0.770. The second kappa shape index (κ2) is 3.87. The van der Waals surface area contributed by atoms with Crippen molar-refractivity contribution in [2.24, 2.45) is 0 Å². The average Bonchev–Trinajstić information content (AvgIpc) is 2.04. The Morgan fingerprint density at radius 2 is 2.08 bits per heavy atom. The van der Waals surface area contributed by atoms with Crippen LogP contribution in [0, 0.1) is 0 Å². The number of rotatable bonds is 2. The summed E-state index contributed by atoms with van der Waals surface area (Å²) in [5, 5.41) is 9.65. The van der Waals surface area contributed by atoms with Gasteiger partial charge in [0.25, 0.3) is 0 Å². The topological polar surface area (TPSA) is 20.2 Å². The van der Waals surface area contributed by atoms with Crippen LogP contribution in [0.2, 0.25) is 0 Å². The number of hydrogen-bond acceptors (Lipinski definition) is 1.